The van der Waals surface area contributed by atoms with Gasteiger partial charge in [-0.05, 0) is 18.8 Å². The molecule has 0 aliphatic carbocycles. The first-order chi connectivity index (χ1) is 9.36. The van der Waals surface area contributed by atoms with Crippen LogP contribution in [0.15, 0.2) is 11.2 Å². The van der Waals surface area contributed by atoms with E-state index in [9.17, 15) is 9.00 Å². The second kappa shape index (κ2) is 7.47. The zero-order valence-electron chi connectivity index (χ0n) is 12.7. The van der Waals surface area contributed by atoms with E-state index in [0.29, 0.717) is 10.7 Å². The molecule has 1 heterocycles. The van der Waals surface area contributed by atoms with Crippen molar-refractivity contribution in [1.29, 1.82) is 0 Å². The summed E-state index contributed by atoms with van der Waals surface area (Å²) in [6.07, 6.45) is 1.71. The van der Waals surface area contributed by atoms with Crippen LogP contribution in [-0.4, -0.2) is 32.5 Å². The third-order valence-corrected chi connectivity index (χ3v) is 3.92. The molecule has 0 N–H and O–H groups in total. The molecule has 6 heteroatoms. The number of nitrogens with zero attached hydrogens (tertiary/aromatic N) is 2. The molecule has 112 valence electrons. The topological polar surface area (TPSA) is 69.2 Å². The maximum absolute atomic E-state index is 12.3. The van der Waals surface area contributed by atoms with E-state index in [1.165, 1.54) is 0 Å². The molecule has 0 radical (unpaired) electrons. The molecule has 0 aliphatic heterocycles. The SMILES string of the molecule is CCOC(=O)CS(=O)c1nc(C(C)C)cnc1C(C)C. The number of ether oxygens (including phenoxy) is 1. The maximum atomic E-state index is 12.3. The van der Waals surface area contributed by atoms with E-state index in [1.54, 1.807) is 13.1 Å². The Balaban J connectivity index is 3.09. The van der Waals surface area contributed by atoms with Gasteiger partial charge in [-0.1, -0.05) is 27.7 Å². The van der Waals surface area contributed by atoms with Crippen molar-refractivity contribution in [3.63, 3.8) is 0 Å². The summed E-state index contributed by atoms with van der Waals surface area (Å²) in [5.74, 6) is -0.353. The number of rotatable bonds is 6. The van der Waals surface area contributed by atoms with Crippen LogP contribution in [0.4, 0.5) is 0 Å². The maximum Gasteiger partial charge on any atom is 0.318 e. The van der Waals surface area contributed by atoms with Crippen LogP contribution in [0.2, 0.25) is 0 Å². The van der Waals surface area contributed by atoms with Crippen molar-refractivity contribution < 1.29 is 13.7 Å². The zero-order valence-corrected chi connectivity index (χ0v) is 13.5. The van der Waals surface area contributed by atoms with Crippen molar-refractivity contribution in [2.75, 3.05) is 12.4 Å². The predicted octanol–water partition coefficient (Wildman–Crippen LogP) is 2.39. The fraction of sp³-hybridized carbons (Fsp3) is 0.643. The highest BCUT2D eigenvalue weighted by atomic mass is 32.2. The van der Waals surface area contributed by atoms with Crippen LogP contribution in [0.5, 0.6) is 0 Å². The quantitative estimate of drug-likeness (QED) is 0.754. The largest absolute Gasteiger partial charge is 0.465 e. The van der Waals surface area contributed by atoms with Crippen LogP contribution in [0, 0.1) is 0 Å². The Morgan fingerprint density at radius 3 is 2.45 bits per heavy atom. The highest BCUT2D eigenvalue weighted by Crippen LogP contribution is 2.21. The van der Waals surface area contributed by atoms with E-state index < -0.39 is 16.8 Å². The summed E-state index contributed by atoms with van der Waals surface area (Å²) in [4.78, 5) is 20.3. The van der Waals surface area contributed by atoms with Crippen molar-refractivity contribution in [3.05, 3.63) is 17.6 Å². The van der Waals surface area contributed by atoms with Gasteiger partial charge in [-0.25, -0.2) is 4.98 Å². The molecule has 1 unspecified atom stereocenters. The Labute approximate surface area is 122 Å². The molecule has 20 heavy (non-hydrogen) atoms. The van der Waals surface area contributed by atoms with Gasteiger partial charge in [0.25, 0.3) is 0 Å². The Hall–Kier alpha value is -1.30. The van der Waals surface area contributed by atoms with Crippen LogP contribution < -0.4 is 0 Å². The Morgan fingerprint density at radius 1 is 1.30 bits per heavy atom. The van der Waals surface area contributed by atoms with Crippen molar-refractivity contribution in [1.82, 2.24) is 9.97 Å². The van der Waals surface area contributed by atoms with E-state index in [-0.39, 0.29) is 24.2 Å². The molecule has 1 aromatic heterocycles. The zero-order chi connectivity index (χ0) is 15.3. The lowest BCUT2D eigenvalue weighted by Gasteiger charge is -2.13. The summed E-state index contributed by atoms with van der Waals surface area (Å²) in [6.45, 7) is 9.92. The van der Waals surface area contributed by atoms with Crippen LogP contribution >= 0.6 is 0 Å². The monoisotopic (exact) mass is 298 g/mol. The van der Waals surface area contributed by atoms with E-state index in [1.807, 2.05) is 27.7 Å². The number of aromatic nitrogens is 2. The fourth-order valence-corrected chi connectivity index (χ4v) is 2.78. The summed E-state index contributed by atoms with van der Waals surface area (Å²) in [7, 11) is -1.52. The molecule has 0 saturated heterocycles. The molecule has 0 fully saturated rings. The minimum absolute atomic E-state index is 0.102. The van der Waals surface area contributed by atoms with Gasteiger partial charge in [-0.2, -0.15) is 0 Å². The fourth-order valence-electron chi connectivity index (χ4n) is 1.61. The Bertz CT molecular complexity index is 501. The third-order valence-electron chi connectivity index (χ3n) is 2.69. The third kappa shape index (κ3) is 4.37. The van der Waals surface area contributed by atoms with Crippen LogP contribution in [-0.2, 0) is 20.3 Å². The summed E-state index contributed by atoms with van der Waals surface area (Å²) in [5, 5.41) is 0.402. The van der Waals surface area contributed by atoms with Gasteiger partial charge < -0.3 is 4.74 Å². The number of esters is 1. The molecule has 0 amide bonds. The summed E-state index contributed by atoms with van der Waals surface area (Å²) in [5.41, 5.74) is 1.46. The molecule has 1 atom stereocenters. The van der Waals surface area contributed by atoms with Gasteiger partial charge in [0.15, 0.2) is 0 Å². The van der Waals surface area contributed by atoms with Crippen molar-refractivity contribution in [2.24, 2.45) is 0 Å². The molecule has 0 bridgehead atoms. The van der Waals surface area contributed by atoms with Crippen molar-refractivity contribution >= 4 is 16.8 Å². The standard InChI is InChI=1S/C14H22N2O3S/c1-6-19-12(17)8-20(18)14-13(10(4)5)15-7-11(16-14)9(2)3/h7,9-10H,6,8H2,1-5H3. The number of carbonyl (C=O) groups is 1. The van der Waals surface area contributed by atoms with Gasteiger partial charge in [0.2, 0.25) is 0 Å². The molecule has 1 aromatic rings. The Kier molecular flexibility index (Phi) is 6.26. The molecular weight excluding hydrogens is 276 g/mol. The van der Waals surface area contributed by atoms with Gasteiger partial charge >= 0.3 is 5.97 Å². The first kappa shape index (κ1) is 16.8. The lowest BCUT2D eigenvalue weighted by atomic mass is 10.1. The first-order valence-electron chi connectivity index (χ1n) is 6.77. The first-order valence-corrected chi connectivity index (χ1v) is 8.09. The summed E-state index contributed by atoms with van der Waals surface area (Å²) >= 11 is 0. The van der Waals surface area contributed by atoms with Crippen LogP contribution in [0.1, 0.15) is 57.8 Å². The molecule has 5 nitrogen and oxygen atoms in total. The normalized spacial score (nSPS) is 12.8. The highest BCUT2D eigenvalue weighted by molar-refractivity contribution is 7.85. The number of carbonyl (C=O) groups excluding carboxylic acids is 1. The number of hydrogen-bond donors (Lipinski definition) is 0. The van der Waals surface area contributed by atoms with Gasteiger partial charge in [0, 0.05) is 6.20 Å². The minimum atomic E-state index is -1.52. The van der Waals surface area contributed by atoms with E-state index in [4.69, 9.17) is 4.74 Å². The second-order valence-electron chi connectivity index (χ2n) is 5.09. The molecule has 0 saturated carbocycles. The minimum Gasteiger partial charge on any atom is -0.465 e. The summed E-state index contributed by atoms with van der Waals surface area (Å²) in [6, 6.07) is 0. The number of hydrogen-bond acceptors (Lipinski definition) is 5. The second-order valence-corrected chi connectivity index (χ2v) is 6.46. The van der Waals surface area contributed by atoms with Gasteiger partial charge in [-0.15, -0.1) is 0 Å². The van der Waals surface area contributed by atoms with Gasteiger partial charge in [-0.3, -0.25) is 14.0 Å². The predicted molar refractivity (Wildman–Crippen MR) is 78.1 cm³/mol. The van der Waals surface area contributed by atoms with Gasteiger partial charge in [0.1, 0.15) is 10.8 Å². The summed E-state index contributed by atoms with van der Waals surface area (Å²) < 4.78 is 17.2. The van der Waals surface area contributed by atoms with Crippen LogP contribution in [0.3, 0.4) is 0 Å². The van der Waals surface area contributed by atoms with E-state index in [0.717, 1.165) is 5.69 Å². The van der Waals surface area contributed by atoms with Crippen molar-refractivity contribution in [3.8, 4) is 0 Å². The lowest BCUT2D eigenvalue weighted by molar-refractivity contribution is -0.139. The molecular formula is C14H22N2O3S. The molecule has 0 aromatic carbocycles. The van der Waals surface area contributed by atoms with Gasteiger partial charge in [0.05, 0.1) is 28.8 Å². The molecule has 1 rings (SSSR count). The highest BCUT2D eigenvalue weighted by Gasteiger charge is 2.20. The average molecular weight is 298 g/mol. The average Bonchev–Trinajstić information content (AvgIpc) is 2.37. The van der Waals surface area contributed by atoms with Crippen molar-refractivity contribution in [2.45, 2.75) is 51.5 Å². The van der Waals surface area contributed by atoms with Crippen LogP contribution in [0.25, 0.3) is 0 Å². The molecule has 0 aliphatic rings. The van der Waals surface area contributed by atoms with E-state index in [2.05, 4.69) is 9.97 Å². The smallest absolute Gasteiger partial charge is 0.318 e. The molecule has 0 spiro atoms. The Morgan fingerprint density at radius 2 is 1.95 bits per heavy atom. The lowest BCUT2D eigenvalue weighted by Crippen LogP contribution is -2.17. The van der Waals surface area contributed by atoms with E-state index >= 15 is 0 Å².